The van der Waals surface area contributed by atoms with Gasteiger partial charge in [-0.2, -0.15) is 26.3 Å². The molecule has 42 heavy (non-hydrogen) atoms. The maximum absolute atomic E-state index is 12.4. The van der Waals surface area contributed by atoms with Crippen LogP contribution in [0.5, 0.6) is 0 Å². The highest BCUT2D eigenvalue weighted by atomic mass is 32.2. The van der Waals surface area contributed by atoms with Gasteiger partial charge in [-0.15, -0.1) is 0 Å². The van der Waals surface area contributed by atoms with E-state index in [1.165, 1.54) is 28.4 Å². The number of hydrogen-bond donors (Lipinski definition) is 2. The van der Waals surface area contributed by atoms with Crippen LogP contribution in [0, 0.1) is 0 Å². The summed E-state index contributed by atoms with van der Waals surface area (Å²) in [6.07, 6.45) is 2.07. The van der Waals surface area contributed by atoms with E-state index in [2.05, 4.69) is 9.44 Å². The van der Waals surface area contributed by atoms with Gasteiger partial charge in [0.2, 0.25) is 0 Å². The monoisotopic (exact) mass is 670 g/mol. The van der Waals surface area contributed by atoms with Crippen molar-refractivity contribution in [2.24, 2.45) is 0 Å². The highest BCUT2D eigenvalue weighted by Gasteiger charge is 2.51. The summed E-state index contributed by atoms with van der Waals surface area (Å²) >= 11 is 0. The molecule has 0 aliphatic carbocycles. The van der Waals surface area contributed by atoms with Crippen molar-refractivity contribution >= 4 is 35.8 Å². The van der Waals surface area contributed by atoms with Gasteiger partial charge in [-0.25, -0.2) is 8.37 Å². The molecule has 0 bridgehead atoms. The van der Waals surface area contributed by atoms with Gasteiger partial charge in [0.05, 0.1) is 12.1 Å². The van der Waals surface area contributed by atoms with Gasteiger partial charge in [0.1, 0.15) is 0 Å². The topological polar surface area (TPSA) is 182 Å². The van der Waals surface area contributed by atoms with Gasteiger partial charge in [-0.05, 0) is 36.8 Å². The van der Waals surface area contributed by atoms with E-state index >= 15 is 0 Å². The largest absolute Gasteiger partial charge is 0.361 e. The molecule has 0 saturated carbocycles. The van der Waals surface area contributed by atoms with Crippen LogP contribution in [0.3, 0.4) is 0 Å². The third-order valence-corrected chi connectivity index (χ3v) is 13.1. The molecule has 0 spiro atoms. The average molecular weight is 671 g/mol. The van der Waals surface area contributed by atoms with E-state index in [1.54, 1.807) is 0 Å². The molecule has 2 saturated heterocycles. The summed E-state index contributed by atoms with van der Waals surface area (Å²) < 4.78 is 105. The number of benzene rings is 2. The second-order valence-corrected chi connectivity index (χ2v) is 16.5. The van der Waals surface area contributed by atoms with Gasteiger partial charge in [-0.1, -0.05) is 60.7 Å². The van der Waals surface area contributed by atoms with E-state index in [1.807, 2.05) is 60.7 Å². The van der Waals surface area contributed by atoms with Crippen molar-refractivity contribution in [2.45, 2.75) is 49.5 Å². The molecule has 0 amide bonds. The van der Waals surface area contributed by atoms with Crippen molar-refractivity contribution in [3.8, 4) is 0 Å². The molecule has 236 valence electrons. The lowest BCUT2D eigenvalue weighted by Crippen LogP contribution is -2.32. The van der Waals surface area contributed by atoms with Crippen LogP contribution in [-0.2, 0) is 69.0 Å². The Balaban J connectivity index is 0.000000230. The summed E-state index contributed by atoms with van der Waals surface area (Å²) in [6, 6.07) is 17.8. The highest BCUT2D eigenvalue weighted by Crippen LogP contribution is 2.56. The van der Waals surface area contributed by atoms with Crippen molar-refractivity contribution in [1.82, 2.24) is 9.44 Å². The smallest absolute Gasteiger partial charge is 0.310 e. The molecule has 2 fully saturated rings. The van der Waals surface area contributed by atoms with Crippen molar-refractivity contribution in [1.29, 1.82) is 0 Å². The van der Waals surface area contributed by atoms with E-state index < -0.39 is 59.6 Å². The fraction of sp³-hybridized carbons (Fsp3) is 0.500. The molecule has 4 atom stereocenters. The predicted molar refractivity (Wildman–Crippen MR) is 154 cm³/mol. The van der Waals surface area contributed by atoms with Crippen molar-refractivity contribution in [2.75, 3.05) is 28.4 Å². The first-order chi connectivity index (χ1) is 19.8. The minimum absolute atomic E-state index is 0.421. The summed E-state index contributed by atoms with van der Waals surface area (Å²) in [5, 5.41) is 0. The van der Waals surface area contributed by atoms with Crippen LogP contribution < -0.4 is 9.44 Å². The maximum Gasteiger partial charge on any atom is 0.361 e. The van der Waals surface area contributed by atoms with Crippen LogP contribution in [0.15, 0.2) is 60.7 Å². The van der Waals surface area contributed by atoms with Gasteiger partial charge < -0.3 is 18.1 Å². The van der Waals surface area contributed by atoms with E-state index in [-0.39, 0.29) is 0 Å². The Bertz CT molecular complexity index is 1340. The summed E-state index contributed by atoms with van der Waals surface area (Å²) in [6.45, 7) is 0. The zero-order valence-electron chi connectivity index (χ0n) is 23.5. The molecule has 2 N–H and O–H groups in total. The SMILES string of the molecule is COP(=O)(OC)[C@H]1OS(=O)(=O)N[C@H]1CCc1ccccc1.COP(=O)(OC)[C@H]1OS(=O)(=O)N[C@H]1CCc1ccccc1. The zero-order valence-corrected chi connectivity index (χ0v) is 26.9. The van der Waals surface area contributed by atoms with Crippen LogP contribution in [0.1, 0.15) is 24.0 Å². The van der Waals surface area contributed by atoms with Crippen LogP contribution in [0.25, 0.3) is 0 Å². The lowest BCUT2D eigenvalue weighted by atomic mass is 10.1. The second kappa shape index (κ2) is 15.0. The summed E-state index contributed by atoms with van der Waals surface area (Å²) in [4.78, 5) is 0. The van der Waals surface area contributed by atoms with Gasteiger partial charge in [0.25, 0.3) is 0 Å². The Hall–Kier alpha value is -1.52. The molecular weight excluding hydrogens is 634 g/mol. The Labute approximate surface area is 247 Å². The van der Waals surface area contributed by atoms with Gasteiger partial charge in [-0.3, -0.25) is 9.13 Å². The number of hydrogen-bond acceptors (Lipinski definition) is 12. The quantitative estimate of drug-likeness (QED) is 0.315. The van der Waals surface area contributed by atoms with Crippen molar-refractivity contribution in [3.05, 3.63) is 71.8 Å². The van der Waals surface area contributed by atoms with E-state index in [4.69, 9.17) is 26.5 Å². The minimum Gasteiger partial charge on any atom is -0.310 e. The molecule has 2 aliphatic heterocycles. The predicted octanol–water partition coefficient (Wildman–Crippen LogP) is 3.33. The Morgan fingerprint density at radius 2 is 0.929 bits per heavy atom. The molecule has 14 nitrogen and oxygen atoms in total. The van der Waals surface area contributed by atoms with E-state index in [9.17, 15) is 26.0 Å². The van der Waals surface area contributed by atoms with E-state index in [0.29, 0.717) is 25.7 Å². The van der Waals surface area contributed by atoms with Crippen LogP contribution >= 0.6 is 15.2 Å². The molecule has 4 rings (SSSR count). The van der Waals surface area contributed by atoms with E-state index in [0.717, 1.165) is 11.1 Å². The van der Waals surface area contributed by atoms with Crippen LogP contribution in [0.4, 0.5) is 0 Å². The standard InChI is InChI=1S/2C12H18NO6PS/c2*1-17-20(14,18-2)12-11(13-21(15,16)19-12)9-8-10-6-4-3-5-7-10/h2*3-7,11-13H,8-9H2,1-2H3/t2*11-,12+/m00/s1. The third kappa shape index (κ3) is 9.24. The number of nitrogens with one attached hydrogen (secondary N) is 2. The van der Waals surface area contributed by atoms with Crippen LogP contribution in [-0.4, -0.2) is 69.0 Å². The van der Waals surface area contributed by atoms with Crippen LogP contribution in [0.2, 0.25) is 0 Å². The zero-order chi connectivity index (χ0) is 31.0. The van der Waals surface area contributed by atoms with Crippen molar-refractivity contribution < 1.29 is 52.4 Å². The summed E-state index contributed by atoms with van der Waals surface area (Å²) in [5.74, 6) is -2.36. The molecule has 2 heterocycles. The van der Waals surface area contributed by atoms with Gasteiger partial charge in [0, 0.05) is 28.4 Å². The molecule has 18 heteroatoms. The molecule has 0 unspecified atom stereocenters. The summed E-state index contributed by atoms with van der Waals surface area (Å²) in [5.41, 5.74) is 2.10. The Kier molecular flexibility index (Phi) is 12.5. The molecule has 0 radical (unpaired) electrons. The first kappa shape index (κ1) is 35.0. The average Bonchev–Trinajstić information content (AvgIpc) is 3.50. The second-order valence-electron chi connectivity index (χ2n) is 9.19. The third-order valence-electron chi connectivity index (χ3n) is 6.55. The van der Waals surface area contributed by atoms with Gasteiger partial charge >= 0.3 is 35.8 Å². The first-order valence-electron chi connectivity index (χ1n) is 12.7. The molecule has 0 aromatic heterocycles. The number of aryl methyl sites for hydroxylation is 2. The fourth-order valence-electron chi connectivity index (χ4n) is 4.38. The highest BCUT2D eigenvalue weighted by molar-refractivity contribution is 7.85. The Morgan fingerprint density at radius 1 is 0.619 bits per heavy atom. The fourth-order valence-corrected chi connectivity index (χ4v) is 10.7. The Morgan fingerprint density at radius 3 is 1.21 bits per heavy atom. The normalized spacial score (nSPS) is 25.0. The first-order valence-corrected chi connectivity index (χ1v) is 18.8. The molecule has 2 aromatic rings. The molecule has 2 aliphatic rings. The lowest BCUT2D eigenvalue weighted by molar-refractivity contribution is 0.193. The van der Waals surface area contributed by atoms with Crippen molar-refractivity contribution in [3.63, 3.8) is 0 Å². The number of rotatable bonds is 12. The lowest BCUT2D eigenvalue weighted by Gasteiger charge is -2.22. The summed E-state index contributed by atoms with van der Waals surface area (Å²) in [7, 11) is -10.4. The maximum atomic E-state index is 12.4. The van der Waals surface area contributed by atoms with Gasteiger partial charge in [0.15, 0.2) is 11.7 Å². The minimum atomic E-state index is -3.93. The molecule has 2 aromatic carbocycles. The molecular formula is C24H36N2O12P2S2.